The Hall–Kier alpha value is -2.27. The van der Waals surface area contributed by atoms with Crippen LogP contribution in [-0.4, -0.2) is 34.1 Å². The Bertz CT molecular complexity index is 677. The monoisotopic (exact) mass is 297 g/mol. The summed E-state index contributed by atoms with van der Waals surface area (Å²) in [6.45, 7) is 3.95. The first-order chi connectivity index (χ1) is 10.6. The summed E-state index contributed by atoms with van der Waals surface area (Å²) < 4.78 is 0. The van der Waals surface area contributed by atoms with Crippen molar-refractivity contribution in [1.82, 2.24) is 15.3 Å². The minimum absolute atomic E-state index is 0.284. The first-order valence-electron chi connectivity index (χ1n) is 7.53. The van der Waals surface area contributed by atoms with E-state index in [1.54, 1.807) is 24.3 Å². The summed E-state index contributed by atoms with van der Waals surface area (Å²) in [5.74, 6) is 0.314. The number of rotatable bonds is 3. The van der Waals surface area contributed by atoms with Gasteiger partial charge in [0.2, 0.25) is 0 Å². The molecule has 114 valence electrons. The normalized spacial score (nSPS) is 18.1. The molecule has 1 saturated heterocycles. The number of hydrogen-bond acceptors (Lipinski definition) is 4. The molecule has 1 aromatic carbocycles. The molecule has 1 fully saturated rings. The van der Waals surface area contributed by atoms with Gasteiger partial charge < -0.3 is 10.4 Å². The number of aryl methyl sites for hydroxylation is 1. The molecule has 0 aliphatic carbocycles. The number of carboxylic acids is 1. The highest BCUT2D eigenvalue weighted by Gasteiger charge is 2.19. The number of hydrogen-bond donors (Lipinski definition) is 2. The Balaban J connectivity index is 1.92. The Morgan fingerprint density at radius 3 is 2.68 bits per heavy atom. The zero-order valence-electron chi connectivity index (χ0n) is 12.5. The van der Waals surface area contributed by atoms with Gasteiger partial charge in [-0.3, -0.25) is 0 Å². The number of piperidine rings is 1. The van der Waals surface area contributed by atoms with Crippen LogP contribution in [0.25, 0.3) is 11.3 Å². The number of carbonyl (C=O) groups is 1. The van der Waals surface area contributed by atoms with Gasteiger partial charge >= 0.3 is 5.97 Å². The van der Waals surface area contributed by atoms with Crippen LogP contribution in [-0.2, 0) is 0 Å². The van der Waals surface area contributed by atoms with E-state index in [4.69, 9.17) is 10.1 Å². The quantitative estimate of drug-likeness (QED) is 0.911. The molecule has 1 aromatic heterocycles. The van der Waals surface area contributed by atoms with Crippen LogP contribution in [0.5, 0.6) is 0 Å². The van der Waals surface area contributed by atoms with Gasteiger partial charge in [-0.25, -0.2) is 14.8 Å². The Labute approximate surface area is 129 Å². The van der Waals surface area contributed by atoms with E-state index < -0.39 is 5.97 Å². The van der Waals surface area contributed by atoms with Gasteiger partial charge in [0, 0.05) is 23.7 Å². The lowest BCUT2D eigenvalue weighted by Gasteiger charge is -2.22. The van der Waals surface area contributed by atoms with Gasteiger partial charge in [-0.15, -0.1) is 0 Å². The zero-order valence-corrected chi connectivity index (χ0v) is 12.5. The molecular weight excluding hydrogens is 278 g/mol. The van der Waals surface area contributed by atoms with Gasteiger partial charge in [0.1, 0.15) is 5.82 Å². The second-order valence-corrected chi connectivity index (χ2v) is 5.68. The maximum Gasteiger partial charge on any atom is 0.335 e. The van der Waals surface area contributed by atoms with Crippen molar-refractivity contribution in [2.45, 2.75) is 25.7 Å². The van der Waals surface area contributed by atoms with Crippen molar-refractivity contribution in [3.8, 4) is 11.3 Å². The highest BCUT2D eigenvalue weighted by atomic mass is 16.4. The van der Waals surface area contributed by atoms with Crippen LogP contribution in [0.1, 0.15) is 40.6 Å². The summed E-state index contributed by atoms with van der Waals surface area (Å²) in [7, 11) is 0. The van der Waals surface area contributed by atoms with Gasteiger partial charge in [-0.2, -0.15) is 0 Å². The molecule has 0 saturated carbocycles. The predicted octanol–water partition coefficient (Wildman–Crippen LogP) is 2.62. The van der Waals surface area contributed by atoms with Gasteiger partial charge in [-0.05, 0) is 44.5 Å². The van der Waals surface area contributed by atoms with Crippen LogP contribution in [0.4, 0.5) is 0 Å². The van der Waals surface area contributed by atoms with Crippen molar-refractivity contribution in [1.29, 1.82) is 0 Å². The number of aromatic nitrogens is 2. The molecule has 0 bridgehead atoms. The van der Waals surface area contributed by atoms with Crippen LogP contribution in [0.3, 0.4) is 0 Å². The van der Waals surface area contributed by atoms with E-state index in [9.17, 15) is 4.79 Å². The molecule has 2 aromatic rings. The number of nitrogens with zero attached hydrogens (tertiary/aromatic N) is 2. The smallest absolute Gasteiger partial charge is 0.335 e. The predicted molar refractivity (Wildman–Crippen MR) is 84.0 cm³/mol. The Morgan fingerprint density at radius 1 is 1.27 bits per heavy atom. The number of benzene rings is 1. The molecule has 22 heavy (non-hydrogen) atoms. The summed E-state index contributed by atoms with van der Waals surface area (Å²) >= 11 is 0. The second-order valence-electron chi connectivity index (χ2n) is 5.68. The standard InChI is InChI=1S/C17H19N3O2/c1-11-9-15(12-4-6-13(7-5-12)17(21)22)20-16(19-11)14-3-2-8-18-10-14/h4-7,9,14,18H,2-3,8,10H2,1H3,(H,21,22)/t14-/m0/s1. The van der Waals surface area contributed by atoms with Crippen molar-refractivity contribution in [3.63, 3.8) is 0 Å². The van der Waals surface area contributed by atoms with E-state index >= 15 is 0 Å². The van der Waals surface area contributed by atoms with E-state index in [1.165, 1.54) is 0 Å². The molecule has 2 heterocycles. The molecule has 1 aliphatic heterocycles. The average molecular weight is 297 g/mol. The molecule has 1 atom stereocenters. The lowest BCUT2D eigenvalue weighted by molar-refractivity contribution is 0.0697. The maximum atomic E-state index is 10.9. The van der Waals surface area contributed by atoms with Gasteiger partial charge in [0.25, 0.3) is 0 Å². The van der Waals surface area contributed by atoms with E-state index in [0.29, 0.717) is 5.92 Å². The second kappa shape index (κ2) is 6.23. The molecule has 3 rings (SSSR count). The maximum absolute atomic E-state index is 10.9. The highest BCUT2D eigenvalue weighted by Crippen LogP contribution is 2.24. The number of aromatic carboxylic acids is 1. The first-order valence-corrected chi connectivity index (χ1v) is 7.53. The van der Waals surface area contributed by atoms with Crippen molar-refractivity contribution >= 4 is 5.97 Å². The Morgan fingerprint density at radius 2 is 2.05 bits per heavy atom. The molecule has 0 spiro atoms. The molecule has 0 radical (unpaired) electrons. The third-order valence-electron chi connectivity index (χ3n) is 3.96. The van der Waals surface area contributed by atoms with Gasteiger partial charge in [0.15, 0.2) is 0 Å². The molecule has 2 N–H and O–H groups in total. The summed E-state index contributed by atoms with van der Waals surface area (Å²) in [6.07, 6.45) is 2.25. The topological polar surface area (TPSA) is 75.1 Å². The fourth-order valence-electron chi connectivity index (χ4n) is 2.78. The van der Waals surface area contributed by atoms with Crippen LogP contribution < -0.4 is 5.32 Å². The number of carboxylic acid groups (broad SMARTS) is 1. The van der Waals surface area contributed by atoms with Crippen LogP contribution in [0.15, 0.2) is 30.3 Å². The third kappa shape index (κ3) is 3.14. The SMILES string of the molecule is Cc1cc(-c2ccc(C(=O)O)cc2)nc([C@H]2CCCNC2)n1. The van der Waals surface area contributed by atoms with Crippen LogP contribution in [0, 0.1) is 6.92 Å². The third-order valence-corrected chi connectivity index (χ3v) is 3.96. The fraction of sp³-hybridized carbons (Fsp3) is 0.353. The molecule has 1 aliphatic rings. The molecule has 0 amide bonds. The molecule has 5 heteroatoms. The Kier molecular flexibility index (Phi) is 4.15. The summed E-state index contributed by atoms with van der Waals surface area (Å²) in [4.78, 5) is 20.2. The highest BCUT2D eigenvalue weighted by molar-refractivity contribution is 5.88. The summed E-state index contributed by atoms with van der Waals surface area (Å²) in [6, 6.07) is 8.76. The average Bonchev–Trinajstić information content (AvgIpc) is 2.55. The van der Waals surface area contributed by atoms with Crippen molar-refractivity contribution in [3.05, 3.63) is 47.4 Å². The van der Waals surface area contributed by atoms with Crippen molar-refractivity contribution < 1.29 is 9.90 Å². The van der Waals surface area contributed by atoms with Crippen molar-refractivity contribution in [2.24, 2.45) is 0 Å². The van der Waals surface area contributed by atoms with E-state index in [1.807, 2.05) is 13.0 Å². The lowest BCUT2D eigenvalue weighted by Crippen LogP contribution is -2.29. The van der Waals surface area contributed by atoms with E-state index in [2.05, 4.69) is 10.3 Å². The van der Waals surface area contributed by atoms with Gasteiger partial charge in [0.05, 0.1) is 11.3 Å². The van der Waals surface area contributed by atoms with Gasteiger partial charge in [-0.1, -0.05) is 12.1 Å². The minimum atomic E-state index is -0.917. The zero-order chi connectivity index (χ0) is 15.5. The minimum Gasteiger partial charge on any atom is -0.478 e. The van der Waals surface area contributed by atoms with E-state index in [0.717, 1.165) is 48.7 Å². The number of nitrogens with one attached hydrogen (secondary N) is 1. The summed E-state index contributed by atoms with van der Waals surface area (Å²) in [5.41, 5.74) is 2.99. The van der Waals surface area contributed by atoms with E-state index in [-0.39, 0.29) is 5.56 Å². The molecule has 5 nitrogen and oxygen atoms in total. The largest absolute Gasteiger partial charge is 0.478 e. The fourth-order valence-corrected chi connectivity index (χ4v) is 2.78. The van der Waals surface area contributed by atoms with Crippen LogP contribution >= 0.6 is 0 Å². The molecular formula is C17H19N3O2. The van der Waals surface area contributed by atoms with Crippen molar-refractivity contribution in [2.75, 3.05) is 13.1 Å². The van der Waals surface area contributed by atoms with Crippen LogP contribution in [0.2, 0.25) is 0 Å². The lowest BCUT2D eigenvalue weighted by atomic mass is 9.98. The molecule has 0 unspecified atom stereocenters. The first kappa shape index (κ1) is 14.7. The summed E-state index contributed by atoms with van der Waals surface area (Å²) in [5, 5.41) is 12.4.